The van der Waals surface area contributed by atoms with Crippen molar-refractivity contribution < 1.29 is 4.74 Å². The lowest BCUT2D eigenvalue weighted by molar-refractivity contribution is 0.327. The highest BCUT2D eigenvalue weighted by molar-refractivity contribution is 5.43. The molecule has 1 saturated carbocycles. The van der Waals surface area contributed by atoms with E-state index >= 15 is 0 Å². The third kappa shape index (κ3) is 2.60. The summed E-state index contributed by atoms with van der Waals surface area (Å²) in [4.78, 5) is 4.30. The Labute approximate surface area is 115 Å². The fourth-order valence-electron chi connectivity index (χ4n) is 3.47. The predicted octanol–water partition coefficient (Wildman–Crippen LogP) is 3.49. The van der Waals surface area contributed by atoms with Gasteiger partial charge in [0.05, 0.1) is 18.5 Å². The molecule has 4 atom stereocenters. The molecular formula is C16H22N2O. The van der Waals surface area contributed by atoms with Crippen LogP contribution in [0.4, 0.5) is 5.69 Å². The molecule has 1 heterocycles. The summed E-state index contributed by atoms with van der Waals surface area (Å²) in [5.74, 6) is 3.07. The molecule has 1 aromatic rings. The highest BCUT2D eigenvalue weighted by atomic mass is 16.5. The first-order valence-corrected chi connectivity index (χ1v) is 7.30. The number of pyridine rings is 1. The van der Waals surface area contributed by atoms with Gasteiger partial charge in [0.15, 0.2) is 0 Å². The number of hydrogen-bond donors (Lipinski definition) is 1. The van der Waals surface area contributed by atoms with E-state index in [-0.39, 0.29) is 0 Å². The Kier molecular flexibility index (Phi) is 3.45. The first kappa shape index (κ1) is 12.5. The average Bonchev–Trinajstić information content (AvgIpc) is 3.04. The largest absolute Gasteiger partial charge is 0.478 e. The number of nitrogens with zero attached hydrogens (tertiary/aromatic N) is 1. The smallest absolute Gasteiger partial charge is 0.213 e. The maximum Gasteiger partial charge on any atom is 0.213 e. The topological polar surface area (TPSA) is 34.1 Å². The Hall–Kier alpha value is -1.51. The fourth-order valence-corrected chi connectivity index (χ4v) is 3.47. The maximum absolute atomic E-state index is 5.36. The Morgan fingerprint density at radius 3 is 2.84 bits per heavy atom. The van der Waals surface area contributed by atoms with Crippen molar-refractivity contribution in [2.75, 3.05) is 11.9 Å². The second kappa shape index (κ2) is 5.24. The molecule has 0 saturated heterocycles. The monoisotopic (exact) mass is 258 g/mol. The number of fused-ring (bicyclic) bond motifs is 2. The summed E-state index contributed by atoms with van der Waals surface area (Å²) >= 11 is 0. The SMILES string of the molecule is CCOc1ccc(NC(C)C2CC3C=CC2C3)cn1. The van der Waals surface area contributed by atoms with Crippen molar-refractivity contribution in [2.24, 2.45) is 17.8 Å². The Morgan fingerprint density at radius 1 is 1.37 bits per heavy atom. The summed E-state index contributed by atoms with van der Waals surface area (Å²) in [5.41, 5.74) is 1.09. The van der Waals surface area contributed by atoms with Crippen LogP contribution in [0.25, 0.3) is 0 Å². The van der Waals surface area contributed by atoms with Crippen LogP contribution in [-0.4, -0.2) is 17.6 Å². The number of rotatable bonds is 5. The molecule has 2 bridgehead atoms. The molecule has 0 aromatic carbocycles. The van der Waals surface area contributed by atoms with Gasteiger partial charge in [-0.3, -0.25) is 0 Å². The van der Waals surface area contributed by atoms with E-state index < -0.39 is 0 Å². The summed E-state index contributed by atoms with van der Waals surface area (Å²) in [6.45, 7) is 4.92. The van der Waals surface area contributed by atoms with E-state index in [2.05, 4.69) is 35.4 Å². The van der Waals surface area contributed by atoms with E-state index in [0.717, 1.165) is 23.4 Å². The van der Waals surface area contributed by atoms with Crippen LogP contribution in [0, 0.1) is 17.8 Å². The van der Waals surface area contributed by atoms with Crippen LogP contribution in [0.5, 0.6) is 5.88 Å². The molecule has 3 nitrogen and oxygen atoms in total. The molecule has 102 valence electrons. The Bertz CT molecular complexity index is 454. The Morgan fingerprint density at radius 2 is 2.26 bits per heavy atom. The molecule has 1 aromatic heterocycles. The van der Waals surface area contributed by atoms with Crippen LogP contribution < -0.4 is 10.1 Å². The van der Waals surface area contributed by atoms with Gasteiger partial charge < -0.3 is 10.1 Å². The van der Waals surface area contributed by atoms with Crippen LogP contribution in [0.1, 0.15) is 26.7 Å². The zero-order valence-electron chi connectivity index (χ0n) is 11.7. The molecule has 3 rings (SSSR count). The van der Waals surface area contributed by atoms with Gasteiger partial charge in [-0.05, 0) is 50.5 Å². The maximum atomic E-state index is 5.36. The quantitative estimate of drug-likeness (QED) is 0.821. The van der Waals surface area contributed by atoms with Crippen molar-refractivity contribution in [1.29, 1.82) is 0 Å². The molecule has 2 aliphatic rings. The van der Waals surface area contributed by atoms with Gasteiger partial charge >= 0.3 is 0 Å². The van der Waals surface area contributed by atoms with Crippen LogP contribution in [-0.2, 0) is 0 Å². The third-order valence-corrected chi connectivity index (χ3v) is 4.40. The molecule has 0 radical (unpaired) electrons. The van der Waals surface area contributed by atoms with Gasteiger partial charge in [-0.25, -0.2) is 4.98 Å². The minimum Gasteiger partial charge on any atom is -0.478 e. The second-order valence-corrected chi connectivity index (χ2v) is 5.70. The van der Waals surface area contributed by atoms with Crippen molar-refractivity contribution in [3.8, 4) is 5.88 Å². The van der Waals surface area contributed by atoms with Crippen LogP contribution in [0.3, 0.4) is 0 Å². The molecule has 2 aliphatic carbocycles. The summed E-state index contributed by atoms with van der Waals surface area (Å²) in [5, 5.41) is 3.59. The normalized spacial score (nSPS) is 29.5. The van der Waals surface area contributed by atoms with Crippen LogP contribution >= 0.6 is 0 Å². The van der Waals surface area contributed by atoms with E-state index in [9.17, 15) is 0 Å². The Balaban J connectivity index is 1.60. The third-order valence-electron chi connectivity index (χ3n) is 4.40. The lowest BCUT2D eigenvalue weighted by atomic mass is 9.87. The number of nitrogens with one attached hydrogen (secondary N) is 1. The van der Waals surface area contributed by atoms with Gasteiger partial charge in [0.2, 0.25) is 5.88 Å². The number of ether oxygens (including phenoxy) is 1. The zero-order chi connectivity index (χ0) is 13.2. The molecule has 1 N–H and O–H groups in total. The fraction of sp³-hybridized carbons (Fsp3) is 0.562. The van der Waals surface area contributed by atoms with Gasteiger partial charge in [0.1, 0.15) is 0 Å². The number of allylic oxidation sites excluding steroid dienone is 2. The van der Waals surface area contributed by atoms with Crippen molar-refractivity contribution in [1.82, 2.24) is 4.98 Å². The van der Waals surface area contributed by atoms with Gasteiger partial charge in [-0.1, -0.05) is 12.2 Å². The number of aromatic nitrogens is 1. The van der Waals surface area contributed by atoms with E-state index in [1.807, 2.05) is 19.2 Å². The predicted molar refractivity (Wildman–Crippen MR) is 77.3 cm³/mol. The highest BCUT2D eigenvalue weighted by Gasteiger charge is 2.38. The van der Waals surface area contributed by atoms with Gasteiger partial charge in [-0.15, -0.1) is 0 Å². The van der Waals surface area contributed by atoms with Crippen LogP contribution in [0.15, 0.2) is 30.5 Å². The van der Waals surface area contributed by atoms with Crippen LogP contribution in [0.2, 0.25) is 0 Å². The standard InChI is InChI=1S/C16H22N2O/c1-3-19-16-7-6-14(10-17-16)18-11(2)15-9-12-4-5-13(15)8-12/h4-7,10-13,15,18H,3,8-9H2,1-2H3. The lowest BCUT2D eigenvalue weighted by Gasteiger charge is -2.27. The minimum atomic E-state index is 0.500. The van der Waals surface area contributed by atoms with Crippen molar-refractivity contribution >= 4 is 5.69 Å². The molecule has 4 unspecified atom stereocenters. The first-order chi connectivity index (χ1) is 9.26. The van der Waals surface area contributed by atoms with Crippen molar-refractivity contribution in [3.05, 3.63) is 30.5 Å². The molecule has 0 spiro atoms. The van der Waals surface area contributed by atoms with E-state index in [1.54, 1.807) is 0 Å². The summed E-state index contributed by atoms with van der Waals surface area (Å²) in [7, 11) is 0. The summed E-state index contributed by atoms with van der Waals surface area (Å²) in [6.07, 6.45) is 9.36. The minimum absolute atomic E-state index is 0.500. The van der Waals surface area contributed by atoms with Gasteiger partial charge in [0.25, 0.3) is 0 Å². The average molecular weight is 258 g/mol. The highest BCUT2D eigenvalue weighted by Crippen LogP contribution is 2.45. The summed E-state index contributed by atoms with van der Waals surface area (Å²) < 4.78 is 5.36. The second-order valence-electron chi connectivity index (χ2n) is 5.70. The molecule has 3 heteroatoms. The first-order valence-electron chi connectivity index (χ1n) is 7.30. The molecule has 1 fully saturated rings. The van der Waals surface area contributed by atoms with Gasteiger partial charge in [0, 0.05) is 12.1 Å². The molecular weight excluding hydrogens is 236 g/mol. The van der Waals surface area contributed by atoms with E-state index in [0.29, 0.717) is 18.5 Å². The number of hydrogen-bond acceptors (Lipinski definition) is 3. The van der Waals surface area contributed by atoms with Gasteiger partial charge in [-0.2, -0.15) is 0 Å². The lowest BCUT2D eigenvalue weighted by Crippen LogP contribution is -2.28. The molecule has 0 aliphatic heterocycles. The van der Waals surface area contributed by atoms with Crippen molar-refractivity contribution in [3.63, 3.8) is 0 Å². The molecule has 0 amide bonds. The number of anilines is 1. The zero-order valence-corrected chi connectivity index (χ0v) is 11.7. The summed E-state index contributed by atoms with van der Waals surface area (Å²) in [6, 6.07) is 4.48. The molecule has 19 heavy (non-hydrogen) atoms. The van der Waals surface area contributed by atoms with E-state index in [1.165, 1.54) is 12.8 Å². The van der Waals surface area contributed by atoms with Crippen molar-refractivity contribution in [2.45, 2.75) is 32.7 Å². The van der Waals surface area contributed by atoms with E-state index in [4.69, 9.17) is 4.74 Å².